The van der Waals surface area contributed by atoms with Crippen LogP contribution in [0.5, 0.6) is 0 Å². The van der Waals surface area contributed by atoms with E-state index in [-0.39, 0.29) is 18.4 Å². The molecule has 1 fully saturated rings. The molecule has 2 N–H and O–H groups in total. The second-order valence-corrected chi connectivity index (χ2v) is 8.25. The molecule has 1 aromatic carbocycles. The summed E-state index contributed by atoms with van der Waals surface area (Å²) in [6.45, 7) is 1.74. The summed E-state index contributed by atoms with van der Waals surface area (Å²) in [7, 11) is 0. The first-order valence-electron chi connectivity index (χ1n) is 8.75. The number of nitrogens with one attached hydrogen (secondary N) is 1. The molecule has 1 aliphatic carbocycles. The molecule has 0 unspecified atom stereocenters. The van der Waals surface area contributed by atoms with Crippen LogP contribution in [-0.4, -0.2) is 25.8 Å². The Kier molecular flexibility index (Phi) is 4.99. The molecular formula is C19H19ClN4O2S. The average molecular weight is 403 g/mol. The molecule has 27 heavy (non-hydrogen) atoms. The third-order valence-electron chi connectivity index (χ3n) is 4.62. The minimum absolute atomic E-state index is 0.100. The fourth-order valence-corrected chi connectivity index (χ4v) is 4.06. The number of amides is 1. The van der Waals surface area contributed by atoms with Gasteiger partial charge in [-0.05, 0) is 49.4 Å². The Bertz CT molecular complexity index is 980. The fraction of sp³-hybridized carbons (Fsp3) is 0.316. The van der Waals surface area contributed by atoms with E-state index in [1.54, 1.807) is 40.5 Å². The molecule has 4 rings (SSSR count). The number of halogens is 1. The summed E-state index contributed by atoms with van der Waals surface area (Å²) in [5.41, 5.74) is 2.23. The van der Waals surface area contributed by atoms with Crippen LogP contribution in [0.4, 0.5) is 5.13 Å². The van der Waals surface area contributed by atoms with Crippen molar-refractivity contribution in [2.45, 2.75) is 38.2 Å². The van der Waals surface area contributed by atoms with E-state index < -0.39 is 0 Å². The summed E-state index contributed by atoms with van der Waals surface area (Å²) in [6, 6.07) is 5.27. The maximum absolute atomic E-state index is 12.6. The van der Waals surface area contributed by atoms with Crippen LogP contribution >= 0.6 is 22.9 Å². The summed E-state index contributed by atoms with van der Waals surface area (Å²) in [4.78, 5) is 18.1. The quantitative estimate of drug-likeness (QED) is 0.650. The average Bonchev–Trinajstić information content (AvgIpc) is 3.20. The van der Waals surface area contributed by atoms with Crippen molar-refractivity contribution in [3.8, 4) is 5.69 Å². The Labute approximate surface area is 165 Å². The van der Waals surface area contributed by atoms with Gasteiger partial charge in [-0.25, -0.2) is 9.67 Å². The Morgan fingerprint density at radius 2 is 2.22 bits per heavy atom. The van der Waals surface area contributed by atoms with E-state index in [2.05, 4.69) is 15.4 Å². The number of hydrogen-bond acceptors (Lipinski definition) is 5. The molecule has 8 heteroatoms. The molecule has 2 heterocycles. The van der Waals surface area contributed by atoms with Gasteiger partial charge in [-0.1, -0.05) is 11.6 Å². The molecular weight excluding hydrogens is 384 g/mol. The van der Waals surface area contributed by atoms with Gasteiger partial charge in [-0.2, -0.15) is 5.10 Å². The van der Waals surface area contributed by atoms with E-state index in [1.165, 1.54) is 17.7 Å². The smallest absolute Gasteiger partial charge is 0.233 e. The van der Waals surface area contributed by atoms with E-state index in [0.29, 0.717) is 21.6 Å². The number of aromatic nitrogens is 3. The molecule has 6 nitrogen and oxygen atoms in total. The molecule has 0 saturated heterocycles. The monoisotopic (exact) mass is 402 g/mol. The van der Waals surface area contributed by atoms with Gasteiger partial charge in [0.05, 0.1) is 24.4 Å². The van der Waals surface area contributed by atoms with E-state index in [1.807, 2.05) is 19.2 Å². The van der Waals surface area contributed by atoms with Crippen molar-refractivity contribution in [1.29, 1.82) is 0 Å². The summed E-state index contributed by atoms with van der Waals surface area (Å²) in [5, 5.41) is 17.7. The predicted octanol–water partition coefficient (Wildman–Crippen LogP) is 4.09. The van der Waals surface area contributed by atoms with Crippen LogP contribution < -0.4 is 5.32 Å². The van der Waals surface area contributed by atoms with Crippen LogP contribution in [0.2, 0.25) is 5.02 Å². The number of anilines is 1. The minimum atomic E-state index is -0.372. The third-order valence-corrected chi connectivity index (χ3v) is 5.91. The molecule has 3 aromatic rings. The molecule has 140 valence electrons. The van der Waals surface area contributed by atoms with Gasteiger partial charge in [0.25, 0.3) is 0 Å². The molecule has 1 amide bonds. The van der Waals surface area contributed by atoms with Crippen molar-refractivity contribution in [3.05, 3.63) is 57.8 Å². The topological polar surface area (TPSA) is 80.0 Å². The first-order valence-corrected chi connectivity index (χ1v) is 9.95. The van der Waals surface area contributed by atoms with Crippen molar-refractivity contribution in [2.24, 2.45) is 0 Å². The lowest BCUT2D eigenvalue weighted by Crippen LogP contribution is -2.18. The standard InChI is InChI=1S/C19H19ClN4O2S/c1-11(18(26)23-19-21-8-17(27-19)13-2-3-13)14-7-22-24(9-14)16-5-12(10-25)4-15(20)6-16/h4-9,11,13,25H,2-3,10H2,1H3,(H,21,23,26)/t11-/m1/s1. The number of aliphatic hydroxyl groups excluding tert-OH is 1. The Morgan fingerprint density at radius 3 is 2.96 bits per heavy atom. The van der Waals surface area contributed by atoms with Crippen molar-refractivity contribution in [2.75, 3.05) is 5.32 Å². The summed E-state index contributed by atoms with van der Waals surface area (Å²) >= 11 is 7.65. The van der Waals surface area contributed by atoms with Crippen LogP contribution in [0, 0.1) is 0 Å². The van der Waals surface area contributed by atoms with Gasteiger partial charge in [0.15, 0.2) is 5.13 Å². The van der Waals surface area contributed by atoms with E-state index in [0.717, 1.165) is 11.3 Å². The molecule has 0 radical (unpaired) electrons. The minimum Gasteiger partial charge on any atom is -0.392 e. The summed E-state index contributed by atoms with van der Waals surface area (Å²) in [5.74, 6) is 0.141. The number of thiazole rings is 1. The van der Waals surface area contributed by atoms with Crippen molar-refractivity contribution < 1.29 is 9.90 Å². The predicted molar refractivity (Wildman–Crippen MR) is 106 cm³/mol. The first-order chi connectivity index (χ1) is 13.0. The van der Waals surface area contributed by atoms with E-state index in [4.69, 9.17) is 11.6 Å². The van der Waals surface area contributed by atoms with Gasteiger partial charge < -0.3 is 10.4 Å². The van der Waals surface area contributed by atoms with Gasteiger partial charge in [0, 0.05) is 27.9 Å². The van der Waals surface area contributed by atoms with Crippen molar-refractivity contribution in [3.63, 3.8) is 0 Å². The zero-order valence-corrected chi connectivity index (χ0v) is 16.3. The largest absolute Gasteiger partial charge is 0.392 e. The zero-order valence-electron chi connectivity index (χ0n) is 14.7. The number of rotatable bonds is 6. The van der Waals surface area contributed by atoms with Crippen molar-refractivity contribution >= 4 is 34.0 Å². The van der Waals surface area contributed by atoms with Crippen LogP contribution in [0.25, 0.3) is 5.69 Å². The molecule has 2 aromatic heterocycles. The van der Waals surface area contributed by atoms with Crippen LogP contribution in [0.15, 0.2) is 36.8 Å². The molecule has 1 aliphatic rings. The normalized spacial score (nSPS) is 14.9. The Morgan fingerprint density at radius 1 is 1.41 bits per heavy atom. The Hall–Kier alpha value is -2.22. The highest BCUT2D eigenvalue weighted by molar-refractivity contribution is 7.15. The lowest BCUT2D eigenvalue weighted by atomic mass is 10.1. The van der Waals surface area contributed by atoms with E-state index >= 15 is 0 Å². The molecule has 1 saturated carbocycles. The molecule has 1 atom stereocenters. The highest BCUT2D eigenvalue weighted by atomic mass is 35.5. The fourth-order valence-electron chi connectivity index (χ4n) is 2.82. The maximum atomic E-state index is 12.6. The second-order valence-electron chi connectivity index (χ2n) is 6.75. The third kappa shape index (κ3) is 4.05. The zero-order chi connectivity index (χ0) is 19.0. The van der Waals surface area contributed by atoms with Gasteiger partial charge in [-0.3, -0.25) is 4.79 Å². The van der Waals surface area contributed by atoms with Gasteiger partial charge in [-0.15, -0.1) is 11.3 Å². The number of nitrogens with zero attached hydrogens (tertiary/aromatic N) is 3. The molecule has 0 aliphatic heterocycles. The Balaban J connectivity index is 1.48. The van der Waals surface area contributed by atoms with Gasteiger partial charge in [0.2, 0.25) is 5.91 Å². The summed E-state index contributed by atoms with van der Waals surface area (Å²) < 4.78 is 1.65. The van der Waals surface area contributed by atoms with E-state index in [9.17, 15) is 9.90 Å². The maximum Gasteiger partial charge on any atom is 0.233 e. The SMILES string of the molecule is C[C@@H](C(=O)Nc1ncc(C2CC2)s1)c1cnn(-c2cc(Cl)cc(CO)c2)c1. The lowest BCUT2D eigenvalue weighted by Gasteiger charge is -2.08. The molecule has 0 spiro atoms. The number of carbonyl (C=O) groups excluding carboxylic acids is 1. The van der Waals surface area contributed by atoms with Crippen LogP contribution in [0.3, 0.4) is 0 Å². The second kappa shape index (κ2) is 7.42. The number of benzene rings is 1. The highest BCUT2D eigenvalue weighted by Gasteiger charge is 2.26. The van der Waals surface area contributed by atoms with Crippen molar-refractivity contribution in [1.82, 2.24) is 14.8 Å². The van der Waals surface area contributed by atoms with Gasteiger partial charge in [0.1, 0.15) is 0 Å². The van der Waals surface area contributed by atoms with Crippen LogP contribution in [0.1, 0.15) is 47.6 Å². The number of carbonyl (C=O) groups is 1. The van der Waals surface area contributed by atoms with Crippen LogP contribution in [-0.2, 0) is 11.4 Å². The highest BCUT2D eigenvalue weighted by Crippen LogP contribution is 2.43. The molecule has 0 bridgehead atoms. The number of hydrogen-bond donors (Lipinski definition) is 2. The summed E-state index contributed by atoms with van der Waals surface area (Å²) in [6.07, 6.45) is 7.76. The first kappa shape index (κ1) is 18.2. The lowest BCUT2D eigenvalue weighted by molar-refractivity contribution is -0.117. The number of aliphatic hydroxyl groups is 1. The van der Waals surface area contributed by atoms with Gasteiger partial charge >= 0.3 is 0 Å².